The molecular weight excluding hydrogens is 182 g/mol. The van der Waals surface area contributed by atoms with Crippen molar-refractivity contribution in [2.75, 3.05) is 6.61 Å². The summed E-state index contributed by atoms with van der Waals surface area (Å²) in [6.45, 7) is -0.00213. The molecule has 0 saturated heterocycles. The van der Waals surface area contributed by atoms with Gasteiger partial charge in [0.25, 0.3) is 5.69 Å². The minimum absolute atomic E-state index is 0.00213. The number of para-hydroxylation sites is 1. The Morgan fingerprint density at radius 2 is 2.07 bits per heavy atom. The number of aliphatic hydroxyl groups excluding tert-OH is 1. The maximum atomic E-state index is 10.7. The average Bonchev–Trinajstić information content (AvgIpc) is 2.98. The molecule has 1 N–H and O–H groups in total. The second-order valence-electron chi connectivity index (χ2n) is 3.71. The first-order valence-corrected chi connectivity index (χ1v) is 4.54. The zero-order valence-corrected chi connectivity index (χ0v) is 7.64. The lowest BCUT2D eigenvalue weighted by molar-refractivity contribution is -0.385. The van der Waals surface area contributed by atoms with Crippen LogP contribution in [0.5, 0.6) is 0 Å². The Morgan fingerprint density at radius 1 is 1.43 bits per heavy atom. The zero-order chi connectivity index (χ0) is 10.2. The highest BCUT2D eigenvalue weighted by Gasteiger charge is 2.47. The van der Waals surface area contributed by atoms with Crippen molar-refractivity contribution in [1.29, 1.82) is 0 Å². The molecule has 4 heteroatoms. The molecule has 74 valence electrons. The third kappa shape index (κ3) is 1.28. The van der Waals surface area contributed by atoms with E-state index in [0.29, 0.717) is 5.56 Å². The van der Waals surface area contributed by atoms with Gasteiger partial charge in [-0.15, -0.1) is 0 Å². The number of hydrogen-bond acceptors (Lipinski definition) is 3. The summed E-state index contributed by atoms with van der Waals surface area (Å²) in [5.41, 5.74) is 0.468. The highest BCUT2D eigenvalue weighted by atomic mass is 16.6. The standard InChI is InChI=1S/C10H11NO3/c12-7-10(5-6-10)8-3-1-2-4-9(8)11(13)14/h1-4,12H,5-7H2. The number of aliphatic hydroxyl groups is 1. The predicted octanol–water partition coefficient (Wildman–Crippen LogP) is 1.62. The van der Waals surface area contributed by atoms with E-state index >= 15 is 0 Å². The van der Waals surface area contributed by atoms with Crippen LogP contribution in [0.3, 0.4) is 0 Å². The molecule has 1 fully saturated rings. The molecule has 0 bridgehead atoms. The van der Waals surface area contributed by atoms with Crippen molar-refractivity contribution >= 4 is 5.69 Å². The van der Waals surface area contributed by atoms with Crippen molar-refractivity contribution in [3.63, 3.8) is 0 Å². The third-order valence-corrected chi connectivity index (χ3v) is 2.83. The van der Waals surface area contributed by atoms with Crippen molar-refractivity contribution < 1.29 is 10.0 Å². The molecule has 0 aromatic heterocycles. The Balaban J connectivity index is 2.47. The second-order valence-corrected chi connectivity index (χ2v) is 3.71. The molecule has 14 heavy (non-hydrogen) atoms. The maximum Gasteiger partial charge on any atom is 0.273 e. The van der Waals surface area contributed by atoms with E-state index in [2.05, 4.69) is 0 Å². The van der Waals surface area contributed by atoms with Crippen LogP contribution < -0.4 is 0 Å². The van der Waals surface area contributed by atoms with Crippen LogP contribution in [-0.2, 0) is 5.41 Å². The second kappa shape index (κ2) is 3.06. The van der Waals surface area contributed by atoms with E-state index in [9.17, 15) is 15.2 Å². The first kappa shape index (κ1) is 9.15. The number of nitrogens with zero attached hydrogens (tertiary/aromatic N) is 1. The zero-order valence-electron chi connectivity index (χ0n) is 7.64. The summed E-state index contributed by atoms with van der Waals surface area (Å²) in [5.74, 6) is 0. The fourth-order valence-corrected chi connectivity index (χ4v) is 1.74. The summed E-state index contributed by atoms with van der Waals surface area (Å²) in [6.07, 6.45) is 1.68. The molecule has 0 heterocycles. The maximum absolute atomic E-state index is 10.7. The van der Waals surface area contributed by atoms with E-state index in [1.807, 2.05) is 0 Å². The Labute approximate surface area is 81.3 Å². The molecule has 4 nitrogen and oxygen atoms in total. The molecular formula is C10H11NO3. The van der Waals surface area contributed by atoms with Crippen LogP contribution in [0.1, 0.15) is 18.4 Å². The summed E-state index contributed by atoms with van der Waals surface area (Å²) in [5, 5.41) is 19.9. The molecule has 1 saturated carbocycles. The lowest BCUT2D eigenvalue weighted by Crippen LogP contribution is -2.13. The Bertz CT molecular complexity index is 371. The van der Waals surface area contributed by atoms with Gasteiger partial charge in [-0.2, -0.15) is 0 Å². The number of nitro groups is 1. The van der Waals surface area contributed by atoms with Gasteiger partial charge in [0.2, 0.25) is 0 Å². The molecule has 0 atom stereocenters. The van der Waals surface area contributed by atoms with Gasteiger partial charge in [-0.3, -0.25) is 10.1 Å². The van der Waals surface area contributed by atoms with Crippen molar-refractivity contribution in [1.82, 2.24) is 0 Å². The number of hydrogen-bond donors (Lipinski definition) is 1. The van der Waals surface area contributed by atoms with Crippen LogP contribution in [0, 0.1) is 10.1 Å². The van der Waals surface area contributed by atoms with Crippen LogP contribution in [-0.4, -0.2) is 16.6 Å². The van der Waals surface area contributed by atoms with Crippen LogP contribution in [0.4, 0.5) is 5.69 Å². The minimum atomic E-state index is -0.384. The van der Waals surface area contributed by atoms with E-state index < -0.39 is 0 Å². The number of rotatable bonds is 3. The molecule has 0 unspecified atom stereocenters. The van der Waals surface area contributed by atoms with E-state index in [4.69, 9.17) is 0 Å². The van der Waals surface area contributed by atoms with Gasteiger partial charge in [0.15, 0.2) is 0 Å². The Morgan fingerprint density at radius 3 is 2.57 bits per heavy atom. The van der Waals surface area contributed by atoms with Crippen LogP contribution in [0.15, 0.2) is 24.3 Å². The van der Waals surface area contributed by atoms with Crippen LogP contribution >= 0.6 is 0 Å². The summed E-state index contributed by atoms with van der Waals surface area (Å²) >= 11 is 0. The molecule has 0 radical (unpaired) electrons. The lowest BCUT2D eigenvalue weighted by atomic mass is 9.95. The minimum Gasteiger partial charge on any atom is -0.395 e. The van der Waals surface area contributed by atoms with Crippen molar-refractivity contribution in [3.05, 3.63) is 39.9 Å². The summed E-state index contributed by atoms with van der Waals surface area (Å²) < 4.78 is 0. The van der Waals surface area contributed by atoms with Gasteiger partial charge in [0.05, 0.1) is 11.5 Å². The van der Waals surface area contributed by atoms with Crippen molar-refractivity contribution in [3.8, 4) is 0 Å². The van der Waals surface area contributed by atoms with Gasteiger partial charge in [-0.05, 0) is 12.8 Å². The fourth-order valence-electron chi connectivity index (χ4n) is 1.74. The summed E-state index contributed by atoms with van der Waals surface area (Å²) in [7, 11) is 0. The van der Waals surface area contributed by atoms with Gasteiger partial charge in [-0.25, -0.2) is 0 Å². The molecule has 1 aromatic carbocycles. The normalized spacial score (nSPS) is 17.8. The SMILES string of the molecule is O=[N+]([O-])c1ccccc1C1(CO)CC1. The highest BCUT2D eigenvalue weighted by Crippen LogP contribution is 2.50. The molecule has 0 aliphatic heterocycles. The van der Waals surface area contributed by atoms with Gasteiger partial charge >= 0.3 is 0 Å². The van der Waals surface area contributed by atoms with Crippen LogP contribution in [0.2, 0.25) is 0 Å². The third-order valence-electron chi connectivity index (χ3n) is 2.83. The molecule has 0 spiro atoms. The number of nitro benzene ring substituents is 1. The van der Waals surface area contributed by atoms with E-state index in [0.717, 1.165) is 12.8 Å². The predicted molar refractivity (Wildman–Crippen MR) is 51.1 cm³/mol. The Kier molecular flexibility index (Phi) is 2.00. The molecule has 1 aliphatic rings. The Hall–Kier alpha value is -1.42. The fraction of sp³-hybridized carbons (Fsp3) is 0.400. The molecule has 1 aromatic rings. The monoisotopic (exact) mass is 193 g/mol. The molecule has 0 amide bonds. The van der Waals surface area contributed by atoms with Crippen LogP contribution in [0.25, 0.3) is 0 Å². The molecule has 2 rings (SSSR count). The van der Waals surface area contributed by atoms with E-state index in [1.165, 1.54) is 6.07 Å². The lowest BCUT2D eigenvalue weighted by Gasteiger charge is -2.11. The van der Waals surface area contributed by atoms with Gasteiger partial charge < -0.3 is 5.11 Å². The van der Waals surface area contributed by atoms with E-state index in [-0.39, 0.29) is 22.6 Å². The summed E-state index contributed by atoms with van der Waals surface area (Å²) in [6, 6.07) is 6.65. The first-order chi connectivity index (χ1) is 6.69. The number of benzene rings is 1. The van der Waals surface area contributed by atoms with Gasteiger partial charge in [-0.1, -0.05) is 18.2 Å². The van der Waals surface area contributed by atoms with Gasteiger partial charge in [0.1, 0.15) is 0 Å². The average molecular weight is 193 g/mol. The first-order valence-electron chi connectivity index (χ1n) is 4.54. The highest BCUT2D eigenvalue weighted by molar-refractivity contribution is 5.48. The van der Waals surface area contributed by atoms with Crippen molar-refractivity contribution in [2.24, 2.45) is 0 Å². The van der Waals surface area contributed by atoms with Crippen molar-refractivity contribution in [2.45, 2.75) is 18.3 Å². The molecule has 1 aliphatic carbocycles. The quantitative estimate of drug-likeness (QED) is 0.586. The van der Waals surface area contributed by atoms with E-state index in [1.54, 1.807) is 18.2 Å². The topological polar surface area (TPSA) is 63.4 Å². The summed E-state index contributed by atoms with van der Waals surface area (Å²) in [4.78, 5) is 10.4. The largest absolute Gasteiger partial charge is 0.395 e. The smallest absolute Gasteiger partial charge is 0.273 e. The van der Waals surface area contributed by atoms with Gasteiger partial charge in [0, 0.05) is 17.0 Å².